The second-order valence-corrected chi connectivity index (χ2v) is 14.4. The van der Waals surface area contributed by atoms with Gasteiger partial charge in [0.15, 0.2) is 0 Å². The van der Waals surface area contributed by atoms with Crippen molar-refractivity contribution in [3.8, 4) is 72.9 Å². The molecule has 0 fully saturated rings. The van der Waals surface area contributed by atoms with Crippen LogP contribution in [0.15, 0.2) is 205 Å². The minimum atomic E-state index is 0. The van der Waals surface area contributed by atoms with Crippen LogP contribution < -0.4 is 0 Å². The van der Waals surface area contributed by atoms with Gasteiger partial charge in [0.25, 0.3) is 0 Å². The molecule has 4 nitrogen and oxygen atoms in total. The number of rotatable bonds is 7. The smallest absolute Gasteiger partial charge is 0.481 e. The Kier molecular flexibility index (Phi) is 9.41. The molecule has 11 aromatic rings. The zero-order chi connectivity index (χ0) is 38.4. The molecule has 0 saturated heterocycles. The number of para-hydroxylation sites is 2. The minimum absolute atomic E-state index is 0. The Morgan fingerprint density at radius 3 is 1.76 bits per heavy atom. The average molecular weight is 935 g/mol. The quantitative estimate of drug-likeness (QED) is 0.150. The molecule has 0 aliphatic heterocycles. The maximum absolute atomic E-state index is 6.51. The summed E-state index contributed by atoms with van der Waals surface area (Å²) in [4.78, 5) is 9.65. The van der Waals surface area contributed by atoms with Crippen LogP contribution in [0.1, 0.15) is 0 Å². The second kappa shape index (κ2) is 15.3. The number of nitrogens with zero attached hydrogens (tertiary/aromatic N) is 3. The third-order valence-corrected chi connectivity index (χ3v) is 10.9. The van der Waals surface area contributed by atoms with Gasteiger partial charge in [0.1, 0.15) is 11.5 Å². The molecule has 0 amide bonds. The van der Waals surface area contributed by atoms with Gasteiger partial charge in [0.05, 0.1) is 5.52 Å². The largest absolute Gasteiger partial charge is 2.00 e. The second-order valence-electron chi connectivity index (χ2n) is 14.4. The van der Waals surface area contributed by atoms with Gasteiger partial charge < -0.3 is 14.0 Å². The van der Waals surface area contributed by atoms with E-state index >= 15 is 0 Å². The van der Waals surface area contributed by atoms with Crippen LogP contribution in [0.4, 0.5) is 0 Å². The number of oxazole rings is 1. The van der Waals surface area contributed by atoms with Gasteiger partial charge in [0.2, 0.25) is 0 Å². The van der Waals surface area contributed by atoms with E-state index in [1.807, 2.05) is 54.7 Å². The molecule has 11 rings (SSSR count). The first-order valence-corrected chi connectivity index (χ1v) is 19.4. The molecule has 8 aromatic carbocycles. The topological polar surface area (TPSA) is 43.9 Å². The molecule has 0 aliphatic rings. The van der Waals surface area contributed by atoms with E-state index in [1.54, 1.807) is 0 Å². The molecule has 0 atom stereocenters. The van der Waals surface area contributed by atoms with E-state index in [-0.39, 0.29) is 21.1 Å². The van der Waals surface area contributed by atoms with Gasteiger partial charge in [0, 0.05) is 11.7 Å². The summed E-state index contributed by atoms with van der Waals surface area (Å²) in [5.41, 5.74) is 16.0. The molecule has 5 heteroatoms. The summed E-state index contributed by atoms with van der Waals surface area (Å²) in [6.45, 7) is 0. The van der Waals surface area contributed by atoms with Crippen molar-refractivity contribution in [2.75, 3.05) is 0 Å². The summed E-state index contributed by atoms with van der Waals surface area (Å²) >= 11 is 0. The molecule has 3 heterocycles. The van der Waals surface area contributed by atoms with Crippen molar-refractivity contribution in [3.05, 3.63) is 212 Å². The van der Waals surface area contributed by atoms with Gasteiger partial charge in [-0.3, -0.25) is 4.98 Å². The van der Waals surface area contributed by atoms with E-state index in [0.717, 1.165) is 83.2 Å². The van der Waals surface area contributed by atoms with E-state index in [1.165, 1.54) is 16.7 Å². The molecular weight excluding hydrogens is 902 g/mol. The van der Waals surface area contributed by atoms with Gasteiger partial charge in [-0.2, -0.15) is 0 Å². The van der Waals surface area contributed by atoms with Gasteiger partial charge in [-0.1, -0.05) is 168 Å². The molecule has 280 valence electrons. The number of hydrogen-bond donors (Lipinski definition) is 0. The average Bonchev–Trinajstić information content (AvgIpc) is 3.88. The van der Waals surface area contributed by atoms with E-state index in [0.29, 0.717) is 5.89 Å². The summed E-state index contributed by atoms with van der Waals surface area (Å²) in [5.74, 6) is 0.521. The first-order chi connectivity index (χ1) is 28.7. The molecule has 0 unspecified atom stereocenters. The first-order valence-electron chi connectivity index (χ1n) is 19.4. The summed E-state index contributed by atoms with van der Waals surface area (Å²) in [7, 11) is 0. The van der Waals surface area contributed by atoms with Crippen LogP contribution in [0.2, 0.25) is 0 Å². The number of hydrogen-bond acceptors (Lipinski definition) is 3. The first kappa shape index (κ1) is 36.2. The fourth-order valence-electron chi connectivity index (χ4n) is 8.01. The van der Waals surface area contributed by atoms with Crippen molar-refractivity contribution in [2.24, 2.45) is 0 Å². The number of benzene rings is 8. The summed E-state index contributed by atoms with van der Waals surface area (Å²) < 4.78 is 8.76. The zero-order valence-electron chi connectivity index (χ0n) is 31.6. The number of fused-ring (bicyclic) bond motifs is 4. The predicted molar refractivity (Wildman–Crippen MR) is 236 cm³/mol. The van der Waals surface area contributed by atoms with Gasteiger partial charge in [-0.25, -0.2) is 0 Å². The van der Waals surface area contributed by atoms with Crippen molar-refractivity contribution >= 4 is 32.9 Å². The summed E-state index contributed by atoms with van der Waals surface area (Å²) in [6, 6.07) is 75.3. The van der Waals surface area contributed by atoms with Gasteiger partial charge >= 0.3 is 21.1 Å². The molecule has 0 N–H and O–H groups in total. The molecule has 0 bridgehead atoms. The third kappa shape index (κ3) is 6.68. The van der Waals surface area contributed by atoms with E-state index in [2.05, 4.69) is 167 Å². The van der Waals surface area contributed by atoms with Crippen LogP contribution in [-0.2, 0) is 21.1 Å². The fourth-order valence-corrected chi connectivity index (χ4v) is 8.01. The molecular formula is C54H33N3OPt. The number of aromatic nitrogens is 3. The summed E-state index contributed by atoms with van der Waals surface area (Å²) in [6.07, 6.45) is 1.82. The molecule has 0 spiro atoms. The Morgan fingerprint density at radius 1 is 0.475 bits per heavy atom. The molecule has 0 aliphatic carbocycles. The van der Waals surface area contributed by atoms with E-state index in [4.69, 9.17) is 9.40 Å². The molecule has 3 aromatic heterocycles. The SMILES string of the molecule is [Pt+2].[c-]1c(-c2ccccn2)cccc1-n1c2[c-]c(-c3nc4ccccc4o3)c(-c3ccc(-c4ccccc4)cc3)cc2c2cc(-c3ccc(-c4ccccc4)cc3)ccc21. The Balaban J connectivity index is 0.00000420. The Morgan fingerprint density at radius 2 is 1.08 bits per heavy atom. The normalized spacial score (nSPS) is 11.3. The molecule has 0 saturated carbocycles. The van der Waals surface area contributed by atoms with Crippen molar-refractivity contribution < 1.29 is 25.5 Å². The van der Waals surface area contributed by atoms with Crippen molar-refractivity contribution in [1.82, 2.24) is 14.5 Å². The van der Waals surface area contributed by atoms with E-state index < -0.39 is 0 Å². The maximum atomic E-state index is 6.51. The summed E-state index contributed by atoms with van der Waals surface area (Å²) in [5, 5.41) is 2.18. The van der Waals surface area contributed by atoms with Crippen molar-refractivity contribution in [2.45, 2.75) is 0 Å². The predicted octanol–water partition coefficient (Wildman–Crippen LogP) is 13.9. The van der Waals surface area contributed by atoms with Crippen molar-refractivity contribution in [1.29, 1.82) is 0 Å². The van der Waals surface area contributed by atoms with Crippen LogP contribution in [0.3, 0.4) is 0 Å². The minimum Gasteiger partial charge on any atom is -0.481 e. The maximum Gasteiger partial charge on any atom is 2.00 e. The monoisotopic (exact) mass is 934 g/mol. The van der Waals surface area contributed by atoms with Gasteiger partial charge in [-0.05, 0) is 79.9 Å². The van der Waals surface area contributed by atoms with Gasteiger partial charge in [-0.15, -0.1) is 42.0 Å². The standard InChI is InChI=1S/C54H33N3O.Pt/c1-3-12-36(13-4-1)38-21-23-40(24-22-38)42-29-30-51-46(33-42)47-34-45(41-27-25-39(26-28-41)37-14-5-2-6-15-37)48(54-56-50-19-7-8-20-53(50)58-54)35-52(47)57(51)44-17-11-16-43(32-44)49-18-9-10-31-55-49;/h1-31,33-34H;/q-2;+2. The fraction of sp³-hybridized carbons (Fsp3) is 0. The molecule has 59 heavy (non-hydrogen) atoms. The Hall–Kier alpha value is -7.13. The van der Waals surface area contributed by atoms with Crippen LogP contribution in [-0.4, -0.2) is 14.5 Å². The molecule has 0 radical (unpaired) electrons. The van der Waals surface area contributed by atoms with Crippen LogP contribution in [0, 0.1) is 12.1 Å². The van der Waals surface area contributed by atoms with Crippen molar-refractivity contribution in [3.63, 3.8) is 0 Å². The third-order valence-electron chi connectivity index (χ3n) is 10.9. The van der Waals surface area contributed by atoms with Crippen LogP contribution in [0.5, 0.6) is 0 Å². The van der Waals surface area contributed by atoms with Crippen LogP contribution >= 0.6 is 0 Å². The Bertz CT molecular complexity index is 3210. The Labute approximate surface area is 356 Å². The zero-order valence-corrected chi connectivity index (χ0v) is 33.9. The van der Waals surface area contributed by atoms with E-state index in [9.17, 15) is 0 Å². The number of pyridine rings is 1. The van der Waals surface area contributed by atoms with Crippen LogP contribution in [0.25, 0.3) is 106 Å².